The summed E-state index contributed by atoms with van der Waals surface area (Å²) in [5, 5.41) is 19.2. The van der Waals surface area contributed by atoms with Crippen LogP contribution in [0.15, 0.2) is 54.6 Å². The first-order valence-electron chi connectivity index (χ1n) is 7.61. The first-order chi connectivity index (χ1) is 12.0. The molecule has 3 rings (SSSR count). The Balaban J connectivity index is 2.04. The molecule has 0 unspecified atom stereocenters. The van der Waals surface area contributed by atoms with Crippen molar-refractivity contribution in [1.82, 2.24) is 4.90 Å². The molecule has 7 heteroatoms. The zero-order chi connectivity index (χ0) is 18.0. The third kappa shape index (κ3) is 3.14. The van der Waals surface area contributed by atoms with Crippen molar-refractivity contribution in [2.45, 2.75) is 18.4 Å². The molecule has 1 heterocycles. The molecule has 2 N–H and O–H groups in total. The van der Waals surface area contributed by atoms with Gasteiger partial charge in [0, 0.05) is 5.56 Å². The van der Waals surface area contributed by atoms with Gasteiger partial charge in [-0.1, -0.05) is 42.5 Å². The number of benzene rings is 2. The lowest BCUT2D eigenvalue weighted by atomic mass is 10.0. The Kier molecular flexibility index (Phi) is 4.58. The van der Waals surface area contributed by atoms with Gasteiger partial charge in [-0.3, -0.25) is 4.90 Å². The minimum Gasteiger partial charge on any atom is -0.497 e. The van der Waals surface area contributed by atoms with Crippen molar-refractivity contribution in [3.8, 4) is 5.75 Å². The highest BCUT2D eigenvalue weighted by Gasteiger charge is 2.49. The quantitative estimate of drug-likeness (QED) is 0.886. The summed E-state index contributed by atoms with van der Waals surface area (Å²) in [6.07, 6.45) is -3.57. The van der Waals surface area contributed by atoms with Gasteiger partial charge in [0.05, 0.1) is 7.11 Å². The Bertz CT molecular complexity index is 761. The van der Waals surface area contributed by atoms with E-state index in [0.29, 0.717) is 16.9 Å². The van der Waals surface area contributed by atoms with Crippen molar-refractivity contribution in [3.05, 3.63) is 65.7 Å². The predicted molar refractivity (Wildman–Crippen MR) is 87.3 cm³/mol. The van der Waals surface area contributed by atoms with Gasteiger partial charge in [0.15, 0.2) is 12.3 Å². The van der Waals surface area contributed by atoms with Crippen LogP contribution in [-0.2, 0) is 9.53 Å². The van der Waals surface area contributed by atoms with Crippen LogP contribution in [0, 0.1) is 0 Å². The summed E-state index contributed by atoms with van der Waals surface area (Å²) >= 11 is 0. The van der Waals surface area contributed by atoms with E-state index in [2.05, 4.69) is 0 Å². The molecule has 1 amide bonds. The largest absolute Gasteiger partial charge is 0.497 e. The fourth-order valence-corrected chi connectivity index (χ4v) is 2.98. The Morgan fingerprint density at radius 2 is 1.64 bits per heavy atom. The number of ether oxygens (including phenoxy) is 2. The van der Waals surface area contributed by atoms with Crippen molar-refractivity contribution in [2.24, 2.45) is 0 Å². The van der Waals surface area contributed by atoms with E-state index in [9.17, 15) is 19.8 Å². The summed E-state index contributed by atoms with van der Waals surface area (Å²) in [6.45, 7) is 0. The third-order valence-electron chi connectivity index (χ3n) is 4.12. The van der Waals surface area contributed by atoms with Gasteiger partial charge in [0.25, 0.3) is 0 Å². The van der Waals surface area contributed by atoms with E-state index >= 15 is 0 Å². The van der Waals surface area contributed by atoms with Gasteiger partial charge in [-0.25, -0.2) is 9.59 Å². The molecule has 2 aromatic rings. The number of hydrogen-bond donors (Lipinski definition) is 2. The van der Waals surface area contributed by atoms with Crippen LogP contribution in [0.5, 0.6) is 5.75 Å². The number of carbonyl (C=O) groups is 2. The molecule has 0 aliphatic carbocycles. The number of carboxylic acids is 1. The second kappa shape index (κ2) is 6.82. The Hall–Kier alpha value is -3.06. The van der Waals surface area contributed by atoms with Crippen LogP contribution < -0.4 is 4.74 Å². The van der Waals surface area contributed by atoms with Crippen molar-refractivity contribution in [3.63, 3.8) is 0 Å². The van der Waals surface area contributed by atoms with E-state index in [1.165, 1.54) is 7.11 Å². The minimum absolute atomic E-state index is 0.535. The van der Waals surface area contributed by atoms with E-state index < -0.39 is 30.4 Å². The lowest BCUT2D eigenvalue weighted by molar-refractivity contribution is -0.150. The highest BCUT2D eigenvalue weighted by Crippen LogP contribution is 2.43. The van der Waals surface area contributed by atoms with Crippen LogP contribution in [0.1, 0.15) is 23.4 Å². The van der Waals surface area contributed by atoms with Crippen LogP contribution in [0.25, 0.3) is 0 Å². The van der Waals surface area contributed by atoms with Crippen molar-refractivity contribution >= 4 is 12.1 Å². The maximum absolute atomic E-state index is 11.9. The normalized spacial score (nSPS) is 22.6. The molecule has 0 aromatic heterocycles. The average Bonchev–Trinajstić information content (AvgIpc) is 3.03. The highest BCUT2D eigenvalue weighted by molar-refractivity contribution is 5.77. The van der Waals surface area contributed by atoms with Crippen LogP contribution >= 0.6 is 0 Å². The Morgan fingerprint density at radius 1 is 1.00 bits per heavy atom. The van der Waals surface area contributed by atoms with E-state index in [1.54, 1.807) is 54.6 Å². The Labute approximate surface area is 144 Å². The van der Waals surface area contributed by atoms with Gasteiger partial charge in [-0.15, -0.1) is 0 Å². The molecular weight excluding hydrogens is 326 g/mol. The van der Waals surface area contributed by atoms with Crippen LogP contribution in [-0.4, -0.2) is 40.4 Å². The molecule has 1 fully saturated rings. The molecule has 7 nitrogen and oxygen atoms in total. The maximum Gasteiger partial charge on any atom is 0.410 e. The summed E-state index contributed by atoms with van der Waals surface area (Å²) < 4.78 is 10.7. The third-order valence-corrected chi connectivity index (χ3v) is 4.12. The number of hydrogen-bond acceptors (Lipinski definition) is 4. The summed E-state index contributed by atoms with van der Waals surface area (Å²) in [5.74, 6) is -0.603. The van der Waals surface area contributed by atoms with E-state index in [1.807, 2.05) is 0 Å². The maximum atomic E-state index is 11.9. The molecule has 0 bridgehead atoms. The standard InChI is InChI=1S/C18H17NO6/c1-24-13-9-7-12(8-10-13)16-19(18(22)23)14(15(25-16)17(20)21)11-5-3-2-4-6-11/h2-10,14-16H,1H3,(H,20,21)(H,22,23)/t14-,15+,16+/m1/s1. The van der Waals surface area contributed by atoms with E-state index in [4.69, 9.17) is 9.47 Å². The molecule has 25 heavy (non-hydrogen) atoms. The predicted octanol–water partition coefficient (Wildman–Crippen LogP) is 2.90. The summed E-state index contributed by atoms with van der Waals surface area (Å²) in [7, 11) is 1.52. The zero-order valence-electron chi connectivity index (χ0n) is 13.4. The average molecular weight is 343 g/mol. The van der Waals surface area contributed by atoms with Gasteiger partial charge in [-0.2, -0.15) is 0 Å². The number of methoxy groups -OCH3 is 1. The van der Waals surface area contributed by atoms with Crippen molar-refractivity contribution in [2.75, 3.05) is 7.11 Å². The lowest BCUT2D eigenvalue weighted by Crippen LogP contribution is -2.35. The molecule has 3 atom stereocenters. The molecular formula is C18H17NO6. The Morgan fingerprint density at radius 3 is 2.16 bits per heavy atom. The molecule has 1 aliphatic rings. The molecule has 0 radical (unpaired) electrons. The molecule has 1 saturated heterocycles. The second-order valence-electron chi connectivity index (χ2n) is 5.57. The molecule has 1 aliphatic heterocycles. The van der Waals surface area contributed by atoms with E-state index in [-0.39, 0.29) is 0 Å². The fourth-order valence-electron chi connectivity index (χ4n) is 2.98. The topological polar surface area (TPSA) is 96.3 Å². The first-order valence-corrected chi connectivity index (χ1v) is 7.61. The lowest BCUT2D eigenvalue weighted by Gasteiger charge is -2.26. The summed E-state index contributed by atoms with van der Waals surface area (Å²) in [6, 6.07) is 14.3. The molecule has 0 spiro atoms. The van der Waals surface area contributed by atoms with Crippen LogP contribution in [0.4, 0.5) is 4.79 Å². The monoisotopic (exact) mass is 343 g/mol. The summed E-state index contributed by atoms with van der Waals surface area (Å²) in [5.41, 5.74) is 1.10. The SMILES string of the molecule is COc1ccc([C@@H]2O[C@H](C(=O)O)[C@@H](c3ccccc3)N2C(=O)O)cc1. The number of nitrogens with zero attached hydrogens (tertiary/aromatic N) is 1. The van der Waals surface area contributed by atoms with Gasteiger partial charge >= 0.3 is 12.1 Å². The summed E-state index contributed by atoms with van der Waals surface area (Å²) in [4.78, 5) is 24.6. The van der Waals surface area contributed by atoms with Gasteiger partial charge in [0.2, 0.25) is 0 Å². The van der Waals surface area contributed by atoms with Crippen LogP contribution in [0.2, 0.25) is 0 Å². The highest BCUT2D eigenvalue weighted by atomic mass is 16.6. The zero-order valence-corrected chi connectivity index (χ0v) is 13.4. The van der Waals surface area contributed by atoms with Gasteiger partial charge in [-0.05, 0) is 17.7 Å². The minimum atomic E-state index is -1.30. The van der Waals surface area contributed by atoms with Gasteiger partial charge < -0.3 is 19.7 Å². The van der Waals surface area contributed by atoms with Crippen molar-refractivity contribution < 1.29 is 29.3 Å². The van der Waals surface area contributed by atoms with Crippen molar-refractivity contribution in [1.29, 1.82) is 0 Å². The smallest absolute Gasteiger partial charge is 0.410 e. The van der Waals surface area contributed by atoms with Gasteiger partial charge in [0.1, 0.15) is 11.8 Å². The van der Waals surface area contributed by atoms with E-state index in [0.717, 1.165) is 4.90 Å². The number of amides is 1. The number of aliphatic carboxylic acids is 1. The number of carboxylic acid groups (broad SMARTS) is 2. The fraction of sp³-hybridized carbons (Fsp3) is 0.222. The number of rotatable bonds is 4. The van der Waals surface area contributed by atoms with Crippen LogP contribution in [0.3, 0.4) is 0 Å². The molecule has 130 valence electrons. The molecule has 2 aromatic carbocycles. The molecule has 0 saturated carbocycles. The second-order valence-corrected chi connectivity index (χ2v) is 5.57. The first kappa shape index (κ1) is 16.8.